The second kappa shape index (κ2) is 14.7. The molecule has 0 aliphatic rings. The van der Waals surface area contributed by atoms with Crippen LogP contribution in [0.5, 0.6) is 0 Å². The van der Waals surface area contributed by atoms with Crippen LogP contribution in [0.3, 0.4) is 0 Å². The largest absolute Gasteiger partial charge is 0.490 e. The zero-order valence-electron chi connectivity index (χ0n) is 20.8. The molecule has 0 spiro atoms. The van der Waals surface area contributed by atoms with Crippen LogP contribution in [0.15, 0.2) is 72.5 Å². The Bertz CT molecular complexity index is 820. The van der Waals surface area contributed by atoms with Crippen molar-refractivity contribution in [2.75, 3.05) is 13.2 Å². The van der Waals surface area contributed by atoms with Gasteiger partial charge in [0.2, 0.25) is 0 Å². The molecule has 0 bridgehead atoms. The highest BCUT2D eigenvalue weighted by Crippen LogP contribution is 2.31. The maximum absolute atomic E-state index is 6.43. The lowest BCUT2D eigenvalue weighted by atomic mass is 9.97. The lowest BCUT2D eigenvalue weighted by Crippen LogP contribution is -2.16. The normalized spacial score (nSPS) is 14.6. The molecular formula is C30H42O2. The Labute approximate surface area is 196 Å². The predicted octanol–water partition coefficient (Wildman–Crippen LogP) is 8.55. The minimum absolute atomic E-state index is 0.257. The Kier molecular flexibility index (Phi) is 11.9. The smallest absolute Gasteiger partial charge is 0.130 e. The molecule has 0 aromatic heterocycles. The van der Waals surface area contributed by atoms with Gasteiger partial charge in [0.05, 0.1) is 12.7 Å². The second-order valence-corrected chi connectivity index (χ2v) is 8.73. The Balaban J connectivity index is 2.12. The summed E-state index contributed by atoms with van der Waals surface area (Å²) in [5.74, 6) is 1.65. The summed E-state index contributed by atoms with van der Waals surface area (Å²) in [4.78, 5) is 0. The van der Waals surface area contributed by atoms with Crippen LogP contribution in [0, 0.1) is 5.92 Å². The molecule has 0 saturated carbocycles. The van der Waals surface area contributed by atoms with Crippen LogP contribution in [0.25, 0.3) is 11.1 Å². The number of hydrogen-bond donors (Lipinski definition) is 0. The molecule has 2 unspecified atom stereocenters. The Hall–Kier alpha value is -2.32. The van der Waals surface area contributed by atoms with E-state index >= 15 is 0 Å². The minimum Gasteiger partial charge on any atom is -0.490 e. The van der Waals surface area contributed by atoms with Crippen molar-refractivity contribution in [1.29, 1.82) is 0 Å². The summed E-state index contributed by atoms with van der Waals surface area (Å²) in [6.45, 7) is 12.2. The lowest BCUT2D eigenvalue weighted by Gasteiger charge is -2.20. The molecule has 0 saturated heterocycles. The number of allylic oxidation sites excluding steroid dienone is 3. The molecule has 32 heavy (non-hydrogen) atoms. The van der Waals surface area contributed by atoms with Crippen molar-refractivity contribution in [3.05, 3.63) is 83.6 Å². The van der Waals surface area contributed by atoms with Gasteiger partial charge in [0, 0.05) is 5.57 Å². The van der Waals surface area contributed by atoms with Crippen LogP contribution in [0.1, 0.15) is 77.8 Å². The molecule has 2 nitrogen and oxygen atoms in total. The minimum atomic E-state index is 0.257. The van der Waals surface area contributed by atoms with Crippen LogP contribution < -0.4 is 0 Å². The second-order valence-electron chi connectivity index (χ2n) is 8.73. The molecule has 2 atom stereocenters. The van der Waals surface area contributed by atoms with Gasteiger partial charge < -0.3 is 9.47 Å². The molecule has 0 fully saturated rings. The van der Waals surface area contributed by atoms with Crippen molar-refractivity contribution in [2.24, 2.45) is 5.92 Å². The maximum atomic E-state index is 6.43. The van der Waals surface area contributed by atoms with Gasteiger partial charge in [-0.2, -0.15) is 0 Å². The van der Waals surface area contributed by atoms with E-state index in [0.29, 0.717) is 19.1 Å². The number of rotatable bonds is 14. The van der Waals surface area contributed by atoms with Gasteiger partial charge in [-0.25, -0.2) is 0 Å². The molecule has 174 valence electrons. The van der Waals surface area contributed by atoms with E-state index in [4.69, 9.17) is 9.47 Å². The Morgan fingerprint density at radius 3 is 2.09 bits per heavy atom. The molecular weight excluding hydrogens is 392 g/mol. The lowest BCUT2D eigenvalue weighted by molar-refractivity contribution is 0.0204. The topological polar surface area (TPSA) is 18.5 Å². The number of unbranched alkanes of at least 4 members (excludes halogenated alkanes) is 1. The number of benzene rings is 2. The summed E-state index contributed by atoms with van der Waals surface area (Å²) in [6, 6.07) is 21.0. The zero-order valence-corrected chi connectivity index (χ0v) is 20.8. The van der Waals surface area contributed by atoms with Gasteiger partial charge in [0.15, 0.2) is 0 Å². The first-order valence-corrected chi connectivity index (χ1v) is 12.3. The molecule has 2 heteroatoms. The molecule has 0 aliphatic heterocycles. The van der Waals surface area contributed by atoms with E-state index in [1.165, 1.54) is 30.4 Å². The average Bonchev–Trinajstić information content (AvgIpc) is 2.82. The Morgan fingerprint density at radius 2 is 1.50 bits per heavy atom. The van der Waals surface area contributed by atoms with E-state index in [0.717, 1.165) is 29.7 Å². The maximum Gasteiger partial charge on any atom is 0.130 e. The van der Waals surface area contributed by atoms with Gasteiger partial charge in [-0.05, 0) is 49.3 Å². The van der Waals surface area contributed by atoms with E-state index in [1.54, 1.807) is 0 Å². The SMILES string of the molecule is CC/C=C(\C(OCCOC(C)CC(C)CCCC)=C(/C)c1ccccc1)c1ccccc1. The molecule has 0 radical (unpaired) electrons. The van der Waals surface area contributed by atoms with Crippen molar-refractivity contribution >= 4 is 11.1 Å². The number of ether oxygens (including phenoxy) is 2. The highest BCUT2D eigenvalue weighted by molar-refractivity contribution is 5.86. The van der Waals surface area contributed by atoms with E-state index < -0.39 is 0 Å². The first-order valence-electron chi connectivity index (χ1n) is 12.3. The molecule has 2 aromatic carbocycles. The van der Waals surface area contributed by atoms with Gasteiger partial charge in [-0.15, -0.1) is 0 Å². The first kappa shape index (κ1) is 25.9. The third-order valence-electron chi connectivity index (χ3n) is 5.80. The summed E-state index contributed by atoms with van der Waals surface area (Å²) < 4.78 is 12.5. The van der Waals surface area contributed by atoms with E-state index in [9.17, 15) is 0 Å². The standard InChI is InChI=1S/C30H42O2/c1-6-8-16-24(3)23-25(4)31-21-22-32-30(26(5)27-17-11-9-12-18-27)29(15-7-2)28-19-13-10-14-20-28/h9-15,17-20,24-25H,6-8,16,21-23H2,1-5H3/b29-15-,30-26-. The Morgan fingerprint density at radius 1 is 0.875 bits per heavy atom. The summed E-state index contributed by atoms with van der Waals surface area (Å²) in [5.41, 5.74) is 4.66. The van der Waals surface area contributed by atoms with Crippen LogP contribution >= 0.6 is 0 Å². The van der Waals surface area contributed by atoms with Crippen LogP contribution in [0.2, 0.25) is 0 Å². The van der Waals surface area contributed by atoms with Crippen LogP contribution in [-0.2, 0) is 9.47 Å². The van der Waals surface area contributed by atoms with Crippen molar-refractivity contribution in [3.8, 4) is 0 Å². The molecule has 0 aliphatic carbocycles. The van der Waals surface area contributed by atoms with E-state index in [-0.39, 0.29) is 6.10 Å². The van der Waals surface area contributed by atoms with E-state index in [2.05, 4.69) is 95.3 Å². The number of hydrogen-bond acceptors (Lipinski definition) is 2. The highest BCUT2D eigenvalue weighted by Gasteiger charge is 2.15. The monoisotopic (exact) mass is 434 g/mol. The summed E-state index contributed by atoms with van der Waals surface area (Å²) in [5, 5.41) is 0. The van der Waals surface area contributed by atoms with Crippen molar-refractivity contribution < 1.29 is 9.47 Å². The summed E-state index contributed by atoms with van der Waals surface area (Å²) in [6.07, 6.45) is 8.42. The van der Waals surface area contributed by atoms with Gasteiger partial charge >= 0.3 is 0 Å². The van der Waals surface area contributed by atoms with E-state index in [1.807, 2.05) is 6.07 Å². The third kappa shape index (κ3) is 8.67. The zero-order chi connectivity index (χ0) is 23.2. The third-order valence-corrected chi connectivity index (χ3v) is 5.80. The van der Waals surface area contributed by atoms with Crippen LogP contribution in [-0.4, -0.2) is 19.3 Å². The summed E-state index contributed by atoms with van der Waals surface area (Å²) >= 11 is 0. The van der Waals surface area contributed by atoms with Gasteiger partial charge in [-0.1, -0.05) is 107 Å². The van der Waals surface area contributed by atoms with Gasteiger partial charge in [-0.3, -0.25) is 0 Å². The highest BCUT2D eigenvalue weighted by atomic mass is 16.5. The fourth-order valence-electron chi connectivity index (χ4n) is 4.07. The van der Waals surface area contributed by atoms with Crippen molar-refractivity contribution in [1.82, 2.24) is 0 Å². The molecule has 2 rings (SSSR count). The quantitative estimate of drug-likeness (QED) is 0.168. The fraction of sp³-hybridized carbons (Fsp3) is 0.467. The molecule has 0 heterocycles. The predicted molar refractivity (Wildman–Crippen MR) is 138 cm³/mol. The van der Waals surface area contributed by atoms with Gasteiger partial charge in [0.1, 0.15) is 12.4 Å². The van der Waals surface area contributed by atoms with Crippen molar-refractivity contribution in [3.63, 3.8) is 0 Å². The van der Waals surface area contributed by atoms with Crippen LogP contribution in [0.4, 0.5) is 0 Å². The average molecular weight is 435 g/mol. The molecule has 2 aromatic rings. The van der Waals surface area contributed by atoms with Crippen molar-refractivity contribution in [2.45, 2.75) is 72.8 Å². The summed E-state index contributed by atoms with van der Waals surface area (Å²) in [7, 11) is 0. The fourth-order valence-corrected chi connectivity index (χ4v) is 4.07. The first-order chi connectivity index (χ1) is 15.6. The van der Waals surface area contributed by atoms with Gasteiger partial charge in [0.25, 0.3) is 0 Å². The molecule has 0 N–H and O–H groups in total. The molecule has 0 amide bonds.